The van der Waals surface area contributed by atoms with E-state index in [-0.39, 0.29) is 5.69 Å². The SMILES string of the molecule is COc1ccc(OC)c(NC(=O)c2nnn(-c3ccc(C)cc3)c2CSc2ncccn2)c1. The monoisotopic (exact) mass is 462 g/mol. The Bertz CT molecular complexity index is 1250. The Kier molecular flexibility index (Phi) is 6.84. The first-order valence-corrected chi connectivity index (χ1v) is 11.0. The van der Waals surface area contributed by atoms with Crippen molar-refractivity contribution >= 4 is 23.4 Å². The molecule has 9 nitrogen and oxygen atoms in total. The predicted molar refractivity (Wildman–Crippen MR) is 125 cm³/mol. The number of nitrogens with zero attached hydrogens (tertiary/aromatic N) is 5. The van der Waals surface area contributed by atoms with Crippen LogP contribution in [-0.4, -0.2) is 45.1 Å². The van der Waals surface area contributed by atoms with E-state index in [1.54, 1.807) is 48.5 Å². The minimum Gasteiger partial charge on any atom is -0.497 e. The van der Waals surface area contributed by atoms with Gasteiger partial charge in [0, 0.05) is 24.2 Å². The number of methoxy groups -OCH3 is 2. The average molecular weight is 463 g/mol. The van der Waals surface area contributed by atoms with Gasteiger partial charge in [0.2, 0.25) is 0 Å². The van der Waals surface area contributed by atoms with E-state index >= 15 is 0 Å². The summed E-state index contributed by atoms with van der Waals surface area (Å²) in [5.41, 5.74) is 3.21. The smallest absolute Gasteiger partial charge is 0.278 e. The van der Waals surface area contributed by atoms with Crippen molar-refractivity contribution in [1.29, 1.82) is 0 Å². The molecule has 168 valence electrons. The summed E-state index contributed by atoms with van der Waals surface area (Å²) in [5, 5.41) is 11.9. The maximum Gasteiger partial charge on any atom is 0.278 e. The first-order chi connectivity index (χ1) is 16.1. The van der Waals surface area contributed by atoms with Gasteiger partial charge in [-0.1, -0.05) is 34.7 Å². The summed E-state index contributed by atoms with van der Waals surface area (Å²) in [6.07, 6.45) is 3.35. The second kappa shape index (κ2) is 10.1. The van der Waals surface area contributed by atoms with E-state index < -0.39 is 5.91 Å². The Balaban J connectivity index is 1.68. The lowest BCUT2D eigenvalue weighted by atomic mass is 10.2. The number of carbonyl (C=O) groups is 1. The number of rotatable bonds is 8. The molecule has 0 aliphatic heterocycles. The summed E-state index contributed by atoms with van der Waals surface area (Å²) in [7, 11) is 3.09. The lowest BCUT2D eigenvalue weighted by Crippen LogP contribution is -2.16. The molecule has 2 heterocycles. The normalized spacial score (nSPS) is 10.6. The van der Waals surface area contributed by atoms with Crippen LogP contribution in [0.2, 0.25) is 0 Å². The van der Waals surface area contributed by atoms with E-state index in [2.05, 4.69) is 25.6 Å². The Hall–Kier alpha value is -3.92. The number of aromatic nitrogens is 5. The average Bonchev–Trinajstić information content (AvgIpc) is 3.28. The molecule has 1 N–H and O–H groups in total. The summed E-state index contributed by atoms with van der Waals surface area (Å²) in [6, 6.07) is 14.7. The highest BCUT2D eigenvalue weighted by atomic mass is 32.2. The molecule has 0 aliphatic carbocycles. The zero-order valence-corrected chi connectivity index (χ0v) is 19.2. The number of carbonyl (C=O) groups excluding carboxylic acids is 1. The van der Waals surface area contributed by atoms with Crippen LogP contribution in [0.5, 0.6) is 11.5 Å². The van der Waals surface area contributed by atoms with Crippen LogP contribution in [0.3, 0.4) is 0 Å². The van der Waals surface area contributed by atoms with Crippen LogP contribution in [0, 0.1) is 6.92 Å². The van der Waals surface area contributed by atoms with Crippen LogP contribution in [0.25, 0.3) is 5.69 Å². The van der Waals surface area contributed by atoms with Gasteiger partial charge < -0.3 is 14.8 Å². The van der Waals surface area contributed by atoms with Crippen LogP contribution in [0.15, 0.2) is 66.1 Å². The molecule has 0 saturated carbocycles. The van der Waals surface area contributed by atoms with Crippen LogP contribution in [0.1, 0.15) is 21.7 Å². The number of nitrogens with one attached hydrogen (secondary N) is 1. The standard InChI is InChI=1S/C23H22N6O3S/c1-15-5-7-16(8-6-15)29-19(14-33-23-24-11-4-12-25-23)21(27-28-29)22(30)26-18-13-17(31-2)9-10-20(18)32-3/h4-13H,14H2,1-3H3,(H,26,30). The van der Waals surface area contributed by atoms with Crippen LogP contribution < -0.4 is 14.8 Å². The molecular weight excluding hydrogens is 440 g/mol. The van der Waals surface area contributed by atoms with Gasteiger partial charge in [-0.25, -0.2) is 14.6 Å². The number of amides is 1. The van der Waals surface area contributed by atoms with Crippen molar-refractivity contribution < 1.29 is 14.3 Å². The van der Waals surface area contributed by atoms with E-state index in [4.69, 9.17) is 9.47 Å². The van der Waals surface area contributed by atoms with Gasteiger partial charge >= 0.3 is 0 Å². The molecule has 0 saturated heterocycles. The third-order valence-corrected chi connectivity index (χ3v) is 5.68. The molecule has 2 aromatic carbocycles. The third-order valence-electron chi connectivity index (χ3n) is 4.79. The molecule has 0 unspecified atom stereocenters. The van der Waals surface area contributed by atoms with Gasteiger partial charge in [0.1, 0.15) is 11.5 Å². The van der Waals surface area contributed by atoms with Crippen molar-refractivity contribution in [3.8, 4) is 17.2 Å². The predicted octanol–water partition coefficient (Wildman–Crippen LogP) is 3.93. The molecule has 0 bridgehead atoms. The fraction of sp³-hybridized carbons (Fsp3) is 0.174. The van der Waals surface area contributed by atoms with Gasteiger partial charge in [-0.15, -0.1) is 5.10 Å². The minimum atomic E-state index is -0.413. The van der Waals surface area contributed by atoms with E-state index in [0.717, 1.165) is 11.3 Å². The van der Waals surface area contributed by atoms with Gasteiger partial charge in [-0.2, -0.15) is 0 Å². The van der Waals surface area contributed by atoms with Crippen molar-refractivity contribution in [2.75, 3.05) is 19.5 Å². The number of benzene rings is 2. The van der Waals surface area contributed by atoms with Crippen molar-refractivity contribution in [2.45, 2.75) is 17.8 Å². The number of hydrogen-bond donors (Lipinski definition) is 1. The molecular formula is C23H22N6O3S. The van der Waals surface area contributed by atoms with E-state index in [0.29, 0.717) is 33.8 Å². The van der Waals surface area contributed by atoms with Crippen LogP contribution in [-0.2, 0) is 5.75 Å². The quantitative estimate of drug-likeness (QED) is 0.310. The van der Waals surface area contributed by atoms with Crippen LogP contribution in [0.4, 0.5) is 5.69 Å². The number of thioether (sulfide) groups is 1. The van der Waals surface area contributed by atoms with E-state index in [1.165, 1.54) is 18.9 Å². The molecule has 33 heavy (non-hydrogen) atoms. The zero-order chi connectivity index (χ0) is 23.2. The summed E-state index contributed by atoms with van der Waals surface area (Å²) < 4.78 is 12.3. The maximum absolute atomic E-state index is 13.2. The first kappa shape index (κ1) is 22.3. The fourth-order valence-electron chi connectivity index (χ4n) is 3.09. The molecule has 1 amide bonds. The Morgan fingerprint density at radius 2 is 1.82 bits per heavy atom. The number of anilines is 1. The largest absolute Gasteiger partial charge is 0.497 e. The molecule has 10 heteroatoms. The van der Waals surface area contributed by atoms with Gasteiger partial charge in [0.25, 0.3) is 5.91 Å². The van der Waals surface area contributed by atoms with E-state index in [1.807, 2.05) is 31.2 Å². The molecule has 0 fully saturated rings. The molecule has 0 atom stereocenters. The Morgan fingerprint density at radius 1 is 1.06 bits per heavy atom. The molecule has 4 rings (SSSR count). The number of ether oxygens (including phenoxy) is 2. The van der Waals surface area contributed by atoms with Crippen LogP contribution >= 0.6 is 11.8 Å². The summed E-state index contributed by atoms with van der Waals surface area (Å²) in [4.78, 5) is 21.7. The van der Waals surface area contributed by atoms with Gasteiger partial charge in [-0.3, -0.25) is 4.79 Å². The fourth-order valence-corrected chi connectivity index (χ4v) is 3.88. The van der Waals surface area contributed by atoms with Crippen molar-refractivity contribution in [3.05, 3.63) is 77.9 Å². The topological polar surface area (TPSA) is 104 Å². The lowest BCUT2D eigenvalue weighted by Gasteiger charge is -2.12. The second-order valence-electron chi connectivity index (χ2n) is 6.97. The zero-order valence-electron chi connectivity index (χ0n) is 18.3. The highest BCUT2D eigenvalue weighted by Gasteiger charge is 2.22. The summed E-state index contributed by atoms with van der Waals surface area (Å²) in [5.74, 6) is 1.07. The minimum absolute atomic E-state index is 0.198. The molecule has 0 aliphatic rings. The highest BCUT2D eigenvalue weighted by molar-refractivity contribution is 7.98. The van der Waals surface area contributed by atoms with Crippen molar-refractivity contribution in [2.24, 2.45) is 0 Å². The Labute approximate surface area is 195 Å². The highest BCUT2D eigenvalue weighted by Crippen LogP contribution is 2.30. The van der Waals surface area contributed by atoms with Gasteiger partial charge in [-0.05, 0) is 37.3 Å². The first-order valence-electron chi connectivity index (χ1n) is 10.0. The van der Waals surface area contributed by atoms with Crippen molar-refractivity contribution in [3.63, 3.8) is 0 Å². The maximum atomic E-state index is 13.2. The number of aryl methyl sites for hydroxylation is 1. The van der Waals surface area contributed by atoms with Gasteiger partial charge in [0.05, 0.1) is 31.3 Å². The lowest BCUT2D eigenvalue weighted by molar-refractivity contribution is 0.102. The number of hydrogen-bond acceptors (Lipinski definition) is 8. The molecule has 2 aromatic heterocycles. The molecule has 0 spiro atoms. The van der Waals surface area contributed by atoms with E-state index in [9.17, 15) is 4.79 Å². The molecule has 4 aromatic rings. The second-order valence-corrected chi connectivity index (χ2v) is 7.91. The summed E-state index contributed by atoms with van der Waals surface area (Å²) >= 11 is 1.39. The summed E-state index contributed by atoms with van der Waals surface area (Å²) in [6.45, 7) is 2.01. The van der Waals surface area contributed by atoms with Gasteiger partial charge in [0.15, 0.2) is 10.9 Å². The third kappa shape index (κ3) is 5.12. The van der Waals surface area contributed by atoms with Crippen molar-refractivity contribution in [1.82, 2.24) is 25.0 Å². The molecule has 0 radical (unpaired) electrons. The Morgan fingerprint density at radius 3 is 2.52 bits per heavy atom.